The molecule has 1 atom stereocenters. The molecule has 2 nitrogen and oxygen atoms in total. The maximum atomic E-state index is 10.0. The molecule has 0 aromatic rings. The minimum atomic E-state index is -0.550. The van der Waals surface area contributed by atoms with Crippen LogP contribution in [-0.2, 0) is 0 Å². The molecule has 0 bridgehead atoms. The molecule has 90 valence electrons. The minimum absolute atomic E-state index is 0.550. The van der Waals surface area contributed by atoms with Crippen LogP contribution in [0.1, 0.15) is 45.4 Å². The summed E-state index contributed by atoms with van der Waals surface area (Å²) in [5, 5.41) is 13.6. The Morgan fingerprint density at radius 3 is 2.40 bits per heavy atom. The lowest BCUT2D eigenvalue weighted by Crippen LogP contribution is -2.44. The van der Waals surface area contributed by atoms with Crippen molar-refractivity contribution in [3.8, 4) is 0 Å². The fourth-order valence-corrected chi connectivity index (χ4v) is 2.93. The van der Waals surface area contributed by atoms with Gasteiger partial charge in [-0.3, -0.25) is 0 Å². The lowest BCUT2D eigenvalue weighted by atomic mass is 10.1. The van der Waals surface area contributed by atoms with Gasteiger partial charge in [0.05, 0.1) is 5.60 Å². The summed E-state index contributed by atoms with van der Waals surface area (Å²) >= 11 is 1.71. The zero-order valence-electron chi connectivity index (χ0n) is 10.1. The molecule has 0 radical (unpaired) electrons. The second kappa shape index (κ2) is 6.77. The molecule has 1 unspecified atom stereocenters. The first-order valence-electron chi connectivity index (χ1n) is 6.09. The standard InChI is InChI=1S/C12H25NOS/c1-12(14,10-15-2)9-13-11-7-5-3-4-6-8-11/h11,13-14H,3-10H2,1-2H3. The van der Waals surface area contributed by atoms with Crippen molar-refractivity contribution in [2.45, 2.75) is 57.1 Å². The maximum absolute atomic E-state index is 10.0. The van der Waals surface area contributed by atoms with E-state index in [9.17, 15) is 5.11 Å². The van der Waals surface area contributed by atoms with Gasteiger partial charge in [0.25, 0.3) is 0 Å². The average Bonchev–Trinajstić information content (AvgIpc) is 2.43. The smallest absolute Gasteiger partial charge is 0.0833 e. The van der Waals surface area contributed by atoms with E-state index in [2.05, 4.69) is 5.32 Å². The molecule has 3 heteroatoms. The van der Waals surface area contributed by atoms with E-state index in [0.717, 1.165) is 12.3 Å². The number of aliphatic hydroxyl groups is 1. The highest BCUT2D eigenvalue weighted by atomic mass is 32.2. The molecule has 1 saturated carbocycles. The van der Waals surface area contributed by atoms with Crippen LogP contribution in [0.4, 0.5) is 0 Å². The molecule has 1 fully saturated rings. The van der Waals surface area contributed by atoms with E-state index < -0.39 is 5.60 Å². The van der Waals surface area contributed by atoms with Crippen LogP contribution >= 0.6 is 11.8 Å². The van der Waals surface area contributed by atoms with Crippen LogP contribution in [0.2, 0.25) is 0 Å². The fourth-order valence-electron chi connectivity index (χ4n) is 2.21. The summed E-state index contributed by atoms with van der Waals surface area (Å²) in [6.07, 6.45) is 10.1. The molecule has 1 aliphatic carbocycles. The predicted octanol–water partition coefficient (Wildman–Crippen LogP) is 2.41. The van der Waals surface area contributed by atoms with E-state index in [1.807, 2.05) is 13.2 Å². The first-order valence-corrected chi connectivity index (χ1v) is 7.48. The quantitative estimate of drug-likeness (QED) is 0.713. The zero-order valence-corrected chi connectivity index (χ0v) is 10.9. The first kappa shape index (κ1) is 13.3. The fraction of sp³-hybridized carbons (Fsp3) is 1.00. The van der Waals surface area contributed by atoms with Crippen molar-refractivity contribution in [1.29, 1.82) is 0 Å². The average molecular weight is 231 g/mol. The SMILES string of the molecule is CSCC(C)(O)CNC1CCCCCC1. The molecule has 0 aromatic carbocycles. The maximum Gasteiger partial charge on any atom is 0.0833 e. The van der Waals surface area contributed by atoms with E-state index in [0.29, 0.717) is 6.04 Å². The Morgan fingerprint density at radius 2 is 1.87 bits per heavy atom. The Bertz CT molecular complexity index is 165. The topological polar surface area (TPSA) is 32.3 Å². The van der Waals surface area contributed by atoms with E-state index in [4.69, 9.17) is 0 Å². The summed E-state index contributed by atoms with van der Waals surface area (Å²) in [6.45, 7) is 2.66. The summed E-state index contributed by atoms with van der Waals surface area (Å²) in [5.41, 5.74) is -0.550. The zero-order chi connectivity index (χ0) is 11.1. The lowest BCUT2D eigenvalue weighted by Gasteiger charge is -2.26. The van der Waals surface area contributed by atoms with E-state index >= 15 is 0 Å². The second-order valence-electron chi connectivity index (χ2n) is 5.00. The van der Waals surface area contributed by atoms with Gasteiger partial charge in [0, 0.05) is 18.3 Å². The van der Waals surface area contributed by atoms with Gasteiger partial charge in [-0.15, -0.1) is 0 Å². The molecule has 0 aliphatic heterocycles. The van der Waals surface area contributed by atoms with Crippen LogP contribution in [0.5, 0.6) is 0 Å². The minimum Gasteiger partial charge on any atom is -0.388 e. The molecule has 1 aliphatic rings. The van der Waals surface area contributed by atoms with E-state index in [1.165, 1.54) is 38.5 Å². The molecular formula is C12H25NOS. The van der Waals surface area contributed by atoms with Gasteiger partial charge in [-0.05, 0) is 26.0 Å². The highest BCUT2D eigenvalue weighted by Crippen LogP contribution is 2.18. The van der Waals surface area contributed by atoms with Crippen molar-refractivity contribution in [2.75, 3.05) is 18.6 Å². The van der Waals surface area contributed by atoms with Crippen molar-refractivity contribution in [1.82, 2.24) is 5.32 Å². The Hall–Kier alpha value is 0.270. The normalized spacial score (nSPS) is 23.4. The summed E-state index contributed by atoms with van der Waals surface area (Å²) < 4.78 is 0. The summed E-state index contributed by atoms with van der Waals surface area (Å²) in [6, 6.07) is 0.640. The number of hydrogen-bond acceptors (Lipinski definition) is 3. The van der Waals surface area contributed by atoms with Crippen molar-refractivity contribution in [3.05, 3.63) is 0 Å². The molecule has 2 N–H and O–H groups in total. The van der Waals surface area contributed by atoms with Gasteiger partial charge in [0.1, 0.15) is 0 Å². The van der Waals surface area contributed by atoms with Crippen LogP contribution in [0, 0.1) is 0 Å². The molecule has 0 amide bonds. The Labute approximate surface area is 98.2 Å². The van der Waals surface area contributed by atoms with Gasteiger partial charge in [-0.2, -0.15) is 11.8 Å². The van der Waals surface area contributed by atoms with E-state index in [1.54, 1.807) is 11.8 Å². The van der Waals surface area contributed by atoms with Crippen molar-refractivity contribution in [2.24, 2.45) is 0 Å². The predicted molar refractivity (Wildman–Crippen MR) is 68.5 cm³/mol. The summed E-state index contributed by atoms with van der Waals surface area (Å²) in [5.74, 6) is 0.812. The van der Waals surface area contributed by atoms with E-state index in [-0.39, 0.29) is 0 Å². The highest BCUT2D eigenvalue weighted by molar-refractivity contribution is 7.98. The van der Waals surface area contributed by atoms with Gasteiger partial charge in [-0.25, -0.2) is 0 Å². The molecular weight excluding hydrogens is 206 g/mol. The molecule has 0 heterocycles. The highest BCUT2D eigenvalue weighted by Gasteiger charge is 2.21. The first-order chi connectivity index (χ1) is 7.14. The third-order valence-electron chi connectivity index (χ3n) is 3.08. The number of hydrogen-bond donors (Lipinski definition) is 2. The summed E-state index contributed by atoms with van der Waals surface area (Å²) in [4.78, 5) is 0. The molecule has 0 saturated heterocycles. The third-order valence-corrected chi connectivity index (χ3v) is 3.99. The molecule has 15 heavy (non-hydrogen) atoms. The Morgan fingerprint density at radius 1 is 1.27 bits per heavy atom. The van der Waals surface area contributed by atoms with Gasteiger partial charge in [0.15, 0.2) is 0 Å². The third kappa shape index (κ3) is 5.79. The van der Waals surface area contributed by atoms with Crippen LogP contribution in [0.25, 0.3) is 0 Å². The van der Waals surface area contributed by atoms with Gasteiger partial charge < -0.3 is 10.4 Å². The molecule has 0 aromatic heterocycles. The Kier molecular flexibility index (Phi) is 6.02. The summed E-state index contributed by atoms with van der Waals surface area (Å²) in [7, 11) is 0. The molecule has 1 rings (SSSR count). The number of rotatable bonds is 5. The second-order valence-corrected chi connectivity index (χ2v) is 5.87. The number of thioether (sulfide) groups is 1. The van der Waals surface area contributed by atoms with Crippen molar-refractivity contribution in [3.63, 3.8) is 0 Å². The van der Waals surface area contributed by atoms with Crippen LogP contribution in [-0.4, -0.2) is 35.3 Å². The van der Waals surface area contributed by atoms with Gasteiger partial charge >= 0.3 is 0 Å². The molecule has 0 spiro atoms. The Balaban J connectivity index is 2.22. The lowest BCUT2D eigenvalue weighted by molar-refractivity contribution is 0.0807. The van der Waals surface area contributed by atoms with Gasteiger partial charge in [-0.1, -0.05) is 25.7 Å². The van der Waals surface area contributed by atoms with Crippen LogP contribution in [0.15, 0.2) is 0 Å². The van der Waals surface area contributed by atoms with Gasteiger partial charge in [0.2, 0.25) is 0 Å². The van der Waals surface area contributed by atoms with Crippen molar-refractivity contribution < 1.29 is 5.11 Å². The monoisotopic (exact) mass is 231 g/mol. The largest absolute Gasteiger partial charge is 0.388 e. The van der Waals surface area contributed by atoms with Crippen LogP contribution in [0.3, 0.4) is 0 Å². The van der Waals surface area contributed by atoms with Crippen LogP contribution < -0.4 is 5.32 Å². The van der Waals surface area contributed by atoms with Crippen molar-refractivity contribution >= 4 is 11.8 Å². The number of nitrogens with one attached hydrogen (secondary N) is 1.